The van der Waals surface area contributed by atoms with Gasteiger partial charge in [0.05, 0.1) is 18.8 Å². The number of methoxy groups -OCH3 is 1. The quantitative estimate of drug-likeness (QED) is 0.799. The van der Waals surface area contributed by atoms with Crippen molar-refractivity contribution in [1.29, 1.82) is 0 Å². The van der Waals surface area contributed by atoms with Crippen molar-refractivity contribution >= 4 is 12.1 Å². The fraction of sp³-hybridized carbons (Fsp3) is 0.643. The number of hydrogen-bond donors (Lipinski definition) is 0. The van der Waals surface area contributed by atoms with E-state index in [1.54, 1.807) is 40.9 Å². The lowest BCUT2D eigenvalue weighted by molar-refractivity contribution is 0.0230. The first-order valence-corrected chi connectivity index (χ1v) is 6.65. The van der Waals surface area contributed by atoms with Crippen molar-refractivity contribution in [1.82, 2.24) is 14.7 Å². The lowest BCUT2D eigenvalue weighted by Gasteiger charge is -2.27. The number of hydrogen-bond acceptors (Lipinski definition) is 5. The predicted octanol–water partition coefficient (Wildman–Crippen LogP) is 2.13. The van der Waals surface area contributed by atoms with Crippen molar-refractivity contribution < 1.29 is 19.1 Å². The largest absolute Gasteiger partial charge is 0.464 e. The van der Waals surface area contributed by atoms with Crippen LogP contribution in [-0.2, 0) is 16.5 Å². The highest BCUT2D eigenvalue weighted by Gasteiger charge is 2.26. The van der Waals surface area contributed by atoms with Gasteiger partial charge in [-0.15, -0.1) is 0 Å². The number of nitrogens with zero attached hydrogens (tertiary/aromatic N) is 3. The number of amides is 1. The molecule has 7 heteroatoms. The second kappa shape index (κ2) is 6.15. The van der Waals surface area contributed by atoms with Crippen LogP contribution in [0.3, 0.4) is 0 Å². The molecule has 0 unspecified atom stereocenters. The van der Waals surface area contributed by atoms with Crippen LogP contribution in [0.15, 0.2) is 6.07 Å². The number of aryl methyl sites for hydroxylation is 1. The highest BCUT2D eigenvalue weighted by molar-refractivity contribution is 5.87. The molecule has 21 heavy (non-hydrogen) atoms. The number of ether oxygens (including phenoxy) is 2. The summed E-state index contributed by atoms with van der Waals surface area (Å²) in [5, 5.41) is 4.25. The number of rotatable bonds is 3. The van der Waals surface area contributed by atoms with Gasteiger partial charge in [0.1, 0.15) is 11.3 Å². The lowest BCUT2D eigenvalue weighted by atomic mass is 10.2. The van der Waals surface area contributed by atoms with Crippen molar-refractivity contribution in [3.63, 3.8) is 0 Å². The molecule has 0 bridgehead atoms. The third-order valence-corrected chi connectivity index (χ3v) is 2.98. The van der Waals surface area contributed by atoms with Gasteiger partial charge in [-0.3, -0.25) is 4.68 Å². The zero-order valence-corrected chi connectivity index (χ0v) is 13.6. The average Bonchev–Trinajstić information content (AvgIpc) is 2.76. The van der Waals surface area contributed by atoms with Gasteiger partial charge < -0.3 is 14.4 Å². The van der Waals surface area contributed by atoms with Crippen molar-refractivity contribution in [2.75, 3.05) is 14.2 Å². The maximum atomic E-state index is 12.0. The molecule has 0 fully saturated rings. The van der Waals surface area contributed by atoms with Crippen molar-refractivity contribution in [3.8, 4) is 0 Å². The molecule has 1 aromatic rings. The molecule has 0 saturated carbocycles. The van der Waals surface area contributed by atoms with Crippen molar-refractivity contribution in [3.05, 3.63) is 17.5 Å². The van der Waals surface area contributed by atoms with Gasteiger partial charge in [-0.05, 0) is 33.8 Å². The fourth-order valence-electron chi connectivity index (χ4n) is 1.68. The Morgan fingerprint density at radius 2 is 1.95 bits per heavy atom. The van der Waals surface area contributed by atoms with E-state index in [0.29, 0.717) is 11.4 Å². The van der Waals surface area contributed by atoms with E-state index in [1.165, 1.54) is 16.7 Å². The summed E-state index contributed by atoms with van der Waals surface area (Å²) in [7, 11) is 4.59. The summed E-state index contributed by atoms with van der Waals surface area (Å²) < 4.78 is 11.4. The van der Waals surface area contributed by atoms with Gasteiger partial charge in [-0.2, -0.15) is 5.10 Å². The molecule has 1 atom stereocenters. The molecular weight excluding hydrogens is 274 g/mol. The standard InChI is InChI=1S/C14H23N3O4/c1-9(16(5)13(19)21-14(2,3)4)10-8-11(12(18)20-7)17(6)15-10/h8-9H,1-7H3/t9-/m0/s1. The summed E-state index contributed by atoms with van der Waals surface area (Å²) in [6.45, 7) is 7.23. The molecule has 0 saturated heterocycles. The molecular formula is C14H23N3O4. The predicted molar refractivity (Wildman–Crippen MR) is 77.0 cm³/mol. The minimum atomic E-state index is -0.563. The third kappa shape index (κ3) is 4.21. The molecule has 0 N–H and O–H groups in total. The molecule has 1 rings (SSSR count). The lowest BCUT2D eigenvalue weighted by Crippen LogP contribution is -2.35. The molecule has 7 nitrogen and oxygen atoms in total. The molecule has 0 aliphatic rings. The summed E-state index contributed by atoms with van der Waals surface area (Å²) in [4.78, 5) is 25.0. The Labute approximate surface area is 124 Å². The number of aromatic nitrogens is 2. The third-order valence-electron chi connectivity index (χ3n) is 2.98. The second-order valence-electron chi connectivity index (χ2n) is 5.84. The van der Waals surface area contributed by atoms with Crippen LogP contribution in [0.5, 0.6) is 0 Å². The summed E-state index contributed by atoms with van der Waals surface area (Å²) in [6.07, 6.45) is -0.444. The smallest absolute Gasteiger partial charge is 0.410 e. The van der Waals surface area contributed by atoms with E-state index in [9.17, 15) is 9.59 Å². The number of carbonyl (C=O) groups is 2. The van der Waals surface area contributed by atoms with Gasteiger partial charge in [0.15, 0.2) is 0 Å². The second-order valence-corrected chi connectivity index (χ2v) is 5.84. The zero-order chi connectivity index (χ0) is 16.4. The molecule has 0 spiro atoms. The minimum absolute atomic E-state index is 0.329. The SMILES string of the molecule is COC(=O)c1cc([C@H](C)N(C)C(=O)OC(C)(C)C)nn1C. The maximum absolute atomic E-state index is 12.0. The van der Waals surface area contributed by atoms with Crippen LogP contribution in [-0.4, -0.2) is 46.5 Å². The van der Waals surface area contributed by atoms with E-state index < -0.39 is 17.7 Å². The van der Waals surface area contributed by atoms with E-state index in [0.717, 1.165) is 0 Å². The van der Waals surface area contributed by atoms with Gasteiger partial charge in [-0.25, -0.2) is 9.59 Å². The minimum Gasteiger partial charge on any atom is -0.464 e. The number of carbonyl (C=O) groups excluding carboxylic acids is 2. The van der Waals surface area contributed by atoms with E-state index >= 15 is 0 Å². The summed E-state index contributed by atoms with van der Waals surface area (Å²) >= 11 is 0. The Hall–Kier alpha value is -2.05. The molecule has 0 aliphatic heterocycles. The van der Waals surface area contributed by atoms with Crippen LogP contribution in [0.4, 0.5) is 4.79 Å². The van der Waals surface area contributed by atoms with Crippen LogP contribution >= 0.6 is 0 Å². The average molecular weight is 297 g/mol. The molecule has 1 aromatic heterocycles. The van der Waals surface area contributed by atoms with E-state index in [1.807, 2.05) is 6.92 Å². The van der Waals surface area contributed by atoms with Crippen LogP contribution in [0.25, 0.3) is 0 Å². The molecule has 1 heterocycles. The first kappa shape index (κ1) is 17.0. The Kier molecular flexibility index (Phi) is 4.98. The monoisotopic (exact) mass is 297 g/mol. The van der Waals surface area contributed by atoms with Crippen LogP contribution in [0, 0.1) is 0 Å². The fourth-order valence-corrected chi connectivity index (χ4v) is 1.68. The van der Waals surface area contributed by atoms with Gasteiger partial charge in [0, 0.05) is 14.1 Å². The van der Waals surface area contributed by atoms with Crippen molar-refractivity contribution in [2.24, 2.45) is 7.05 Å². The molecule has 1 amide bonds. The maximum Gasteiger partial charge on any atom is 0.410 e. The van der Waals surface area contributed by atoms with Crippen LogP contribution in [0.1, 0.15) is 49.9 Å². The van der Waals surface area contributed by atoms with Crippen molar-refractivity contribution in [2.45, 2.75) is 39.3 Å². The number of esters is 1. The van der Waals surface area contributed by atoms with Gasteiger partial charge in [0.2, 0.25) is 0 Å². The molecule has 0 aliphatic carbocycles. The topological polar surface area (TPSA) is 73.7 Å². The molecule has 118 valence electrons. The first-order valence-electron chi connectivity index (χ1n) is 6.65. The van der Waals surface area contributed by atoms with Crippen LogP contribution in [0.2, 0.25) is 0 Å². The van der Waals surface area contributed by atoms with Crippen LogP contribution < -0.4 is 0 Å². The highest BCUT2D eigenvalue weighted by atomic mass is 16.6. The summed E-state index contributed by atoms with van der Waals surface area (Å²) in [6, 6.07) is 1.28. The van der Waals surface area contributed by atoms with Gasteiger partial charge >= 0.3 is 12.1 Å². The Bertz CT molecular complexity index is 531. The summed E-state index contributed by atoms with van der Waals surface area (Å²) in [5.41, 5.74) is 0.356. The highest BCUT2D eigenvalue weighted by Crippen LogP contribution is 2.21. The summed E-state index contributed by atoms with van der Waals surface area (Å²) in [5.74, 6) is -0.469. The van der Waals surface area contributed by atoms with Gasteiger partial charge in [0.25, 0.3) is 0 Å². The van der Waals surface area contributed by atoms with E-state index in [2.05, 4.69) is 9.84 Å². The Morgan fingerprint density at radius 1 is 1.38 bits per heavy atom. The normalized spacial score (nSPS) is 12.7. The molecule has 0 aromatic carbocycles. The Morgan fingerprint density at radius 3 is 2.43 bits per heavy atom. The van der Waals surface area contributed by atoms with Gasteiger partial charge in [-0.1, -0.05) is 0 Å². The Balaban J connectivity index is 2.91. The first-order chi connectivity index (χ1) is 9.56. The van der Waals surface area contributed by atoms with E-state index in [-0.39, 0.29) is 6.04 Å². The zero-order valence-electron chi connectivity index (χ0n) is 13.6. The molecule has 0 radical (unpaired) electrons. The van der Waals surface area contributed by atoms with E-state index in [4.69, 9.17) is 4.74 Å².